The van der Waals surface area contributed by atoms with Crippen LogP contribution in [0.5, 0.6) is 17.2 Å². The summed E-state index contributed by atoms with van der Waals surface area (Å²) in [6.07, 6.45) is -1.35. The molecule has 2 aliphatic carbocycles. The third-order valence-electron chi connectivity index (χ3n) is 9.18. The van der Waals surface area contributed by atoms with Crippen LogP contribution < -0.4 is 9.47 Å². The van der Waals surface area contributed by atoms with Gasteiger partial charge in [-0.2, -0.15) is 13.2 Å². The number of likely N-dealkylation sites (tertiary alicyclic amines) is 1. The van der Waals surface area contributed by atoms with E-state index in [0.29, 0.717) is 16.9 Å². The Hall–Kier alpha value is -3.20. The summed E-state index contributed by atoms with van der Waals surface area (Å²) < 4.78 is 52.5. The highest BCUT2D eigenvalue weighted by atomic mass is 35.5. The summed E-state index contributed by atoms with van der Waals surface area (Å²) in [5.74, 6) is 0.464. The molecule has 208 valence electrons. The van der Waals surface area contributed by atoms with E-state index in [2.05, 4.69) is 18.0 Å². The summed E-state index contributed by atoms with van der Waals surface area (Å²) in [5, 5.41) is 22.5. The van der Waals surface area contributed by atoms with Crippen molar-refractivity contribution in [2.24, 2.45) is 5.92 Å². The maximum atomic E-state index is 13.3. The van der Waals surface area contributed by atoms with Gasteiger partial charge in [-0.25, -0.2) is 0 Å². The second-order valence-corrected chi connectivity index (χ2v) is 11.6. The molecule has 4 aliphatic rings. The van der Waals surface area contributed by atoms with E-state index < -0.39 is 35.5 Å². The number of aromatic hydroxyl groups is 1. The molecule has 0 aromatic heterocycles. The van der Waals surface area contributed by atoms with Gasteiger partial charge in [0.2, 0.25) is 0 Å². The summed E-state index contributed by atoms with van der Waals surface area (Å²) in [5.41, 5.74) is 1.76. The number of rotatable bonds is 4. The van der Waals surface area contributed by atoms with Crippen molar-refractivity contribution in [1.82, 2.24) is 4.90 Å². The average Bonchev–Trinajstić information content (AvgIpc) is 3.28. The first-order chi connectivity index (χ1) is 19.1. The van der Waals surface area contributed by atoms with E-state index in [9.17, 15) is 23.4 Å². The molecule has 1 fully saturated rings. The van der Waals surface area contributed by atoms with E-state index >= 15 is 0 Å². The Morgan fingerprint density at radius 2 is 1.90 bits per heavy atom. The fraction of sp³-hybridized carbons (Fsp3) is 0.355. The van der Waals surface area contributed by atoms with E-state index in [-0.39, 0.29) is 28.5 Å². The second-order valence-electron chi connectivity index (χ2n) is 11.2. The first-order valence-corrected chi connectivity index (χ1v) is 13.7. The summed E-state index contributed by atoms with van der Waals surface area (Å²) in [6.45, 7) is 0.852. The molecule has 40 heavy (non-hydrogen) atoms. The zero-order valence-corrected chi connectivity index (χ0v) is 22.3. The van der Waals surface area contributed by atoms with Crippen LogP contribution in [-0.2, 0) is 18.0 Å². The fourth-order valence-electron chi connectivity index (χ4n) is 7.37. The number of aliphatic hydroxyl groups excluding tert-OH is 1. The molecule has 2 N–H and O–H groups in total. The number of alkyl halides is 3. The van der Waals surface area contributed by atoms with Gasteiger partial charge in [0.05, 0.1) is 10.6 Å². The van der Waals surface area contributed by atoms with E-state index in [1.54, 1.807) is 6.08 Å². The largest absolute Gasteiger partial charge is 0.504 e. The molecule has 6 atom stereocenters. The Bertz CT molecular complexity index is 1530. The number of hydrogen-bond acceptors (Lipinski definition) is 5. The van der Waals surface area contributed by atoms with Crippen molar-refractivity contribution >= 4 is 11.6 Å². The molecular formula is C31H27ClF3NO4. The van der Waals surface area contributed by atoms with Crippen LogP contribution in [0.2, 0.25) is 5.02 Å². The number of ether oxygens (including phenoxy) is 2. The van der Waals surface area contributed by atoms with Crippen molar-refractivity contribution in [2.45, 2.75) is 48.8 Å². The first-order valence-electron chi connectivity index (χ1n) is 13.3. The lowest BCUT2D eigenvalue weighted by atomic mass is 9.53. The number of hydrogen-bond donors (Lipinski definition) is 2. The van der Waals surface area contributed by atoms with Crippen molar-refractivity contribution in [3.63, 3.8) is 0 Å². The lowest BCUT2D eigenvalue weighted by Gasteiger charge is -2.56. The van der Waals surface area contributed by atoms with Crippen LogP contribution in [0.15, 0.2) is 66.7 Å². The van der Waals surface area contributed by atoms with Crippen molar-refractivity contribution in [3.8, 4) is 17.2 Å². The highest BCUT2D eigenvalue weighted by Gasteiger charge is 2.64. The maximum absolute atomic E-state index is 13.3. The third kappa shape index (κ3) is 3.62. The van der Waals surface area contributed by atoms with Gasteiger partial charge in [0.1, 0.15) is 18.0 Å². The van der Waals surface area contributed by atoms with Crippen LogP contribution in [-0.4, -0.2) is 47.0 Å². The zero-order valence-electron chi connectivity index (χ0n) is 21.5. The van der Waals surface area contributed by atoms with Gasteiger partial charge in [-0.3, -0.25) is 0 Å². The van der Waals surface area contributed by atoms with Gasteiger partial charge >= 0.3 is 6.18 Å². The summed E-state index contributed by atoms with van der Waals surface area (Å²) in [4.78, 5) is 2.34. The number of aliphatic hydroxyl groups is 1. The first kappa shape index (κ1) is 25.7. The molecule has 1 unspecified atom stereocenters. The molecule has 3 aromatic carbocycles. The minimum atomic E-state index is -4.54. The van der Waals surface area contributed by atoms with Crippen molar-refractivity contribution in [3.05, 3.63) is 99.6 Å². The van der Waals surface area contributed by atoms with Crippen LogP contribution in [0, 0.1) is 5.92 Å². The zero-order chi connectivity index (χ0) is 28.0. The predicted octanol–water partition coefficient (Wildman–Crippen LogP) is 6.04. The molecule has 2 heterocycles. The molecule has 0 saturated carbocycles. The van der Waals surface area contributed by atoms with E-state index in [1.807, 2.05) is 36.4 Å². The lowest BCUT2D eigenvalue weighted by molar-refractivity contribution is -0.137. The highest BCUT2D eigenvalue weighted by Crippen LogP contribution is 2.63. The minimum absolute atomic E-state index is 0.0570. The SMILES string of the molecule is CN1CC[C@]23c4c5cc(C(Oc6ccc(C(F)(F)F)cc6Cl)c6ccccc6)c(O)c4O[C@H]2[C@@H](O)C=C[C@H]3[C@H]1C5. The third-order valence-corrected chi connectivity index (χ3v) is 9.48. The van der Waals surface area contributed by atoms with Gasteiger partial charge in [0, 0.05) is 28.5 Å². The number of phenols is 1. The van der Waals surface area contributed by atoms with E-state index in [4.69, 9.17) is 21.1 Å². The van der Waals surface area contributed by atoms with Crippen LogP contribution in [0.4, 0.5) is 13.2 Å². The smallest absolute Gasteiger partial charge is 0.416 e. The minimum Gasteiger partial charge on any atom is -0.504 e. The van der Waals surface area contributed by atoms with Gasteiger partial charge in [-0.1, -0.05) is 54.1 Å². The van der Waals surface area contributed by atoms with Crippen molar-refractivity contribution in [2.75, 3.05) is 13.6 Å². The molecule has 7 rings (SSSR count). The summed E-state index contributed by atoms with van der Waals surface area (Å²) in [7, 11) is 2.11. The quantitative estimate of drug-likeness (QED) is 0.375. The topological polar surface area (TPSA) is 62.2 Å². The van der Waals surface area contributed by atoms with Gasteiger partial charge < -0.3 is 24.6 Å². The van der Waals surface area contributed by atoms with Crippen LogP contribution >= 0.6 is 11.6 Å². The molecular weight excluding hydrogens is 543 g/mol. The van der Waals surface area contributed by atoms with Gasteiger partial charge in [0.25, 0.3) is 0 Å². The highest BCUT2D eigenvalue weighted by molar-refractivity contribution is 6.32. The number of piperidine rings is 1. The fourth-order valence-corrected chi connectivity index (χ4v) is 7.60. The predicted molar refractivity (Wildman–Crippen MR) is 143 cm³/mol. The number of phenolic OH excluding ortho intramolecular Hbond substituents is 1. The molecule has 0 radical (unpaired) electrons. The molecule has 9 heteroatoms. The number of benzene rings is 3. The molecule has 2 aliphatic heterocycles. The molecule has 1 spiro atoms. The Morgan fingerprint density at radius 1 is 1.12 bits per heavy atom. The van der Waals surface area contributed by atoms with Crippen molar-refractivity contribution in [1.29, 1.82) is 0 Å². The Morgan fingerprint density at radius 3 is 2.62 bits per heavy atom. The average molecular weight is 570 g/mol. The number of nitrogens with zero attached hydrogens (tertiary/aromatic N) is 1. The van der Waals surface area contributed by atoms with Gasteiger partial charge in [-0.05, 0) is 61.8 Å². The van der Waals surface area contributed by atoms with Gasteiger partial charge in [0.15, 0.2) is 17.6 Å². The second kappa shape index (κ2) is 8.90. The molecule has 2 bridgehead atoms. The lowest BCUT2D eigenvalue weighted by Crippen LogP contribution is -2.64. The summed E-state index contributed by atoms with van der Waals surface area (Å²) >= 11 is 6.28. The number of likely N-dealkylation sites (N-methyl/N-ethyl adjacent to an activating group) is 1. The standard InChI is InChI=1S/C31H27ClF3NO4/c1-36-12-11-30-20-8-9-23(37)29(30)40-28-25(30)17(14-22(20)36)13-19(26(28)38)27(16-5-3-2-4-6-16)39-24-10-7-18(15-21(24)32)31(33,34)35/h2-10,13,15,20,22-23,27,29,37-38H,11-12,14H2,1H3/t20-,22+,23-,27?,29-,30-/m0/s1. The number of halogens is 4. The Balaban J connectivity index is 1.38. The Kier molecular flexibility index (Phi) is 5.73. The van der Waals surface area contributed by atoms with Crippen LogP contribution in [0.3, 0.4) is 0 Å². The van der Waals surface area contributed by atoms with Crippen LogP contribution in [0.1, 0.15) is 40.3 Å². The van der Waals surface area contributed by atoms with Crippen LogP contribution in [0.25, 0.3) is 0 Å². The molecule has 0 amide bonds. The molecule has 1 saturated heterocycles. The Labute approximate surface area is 234 Å². The van der Waals surface area contributed by atoms with E-state index in [1.165, 1.54) is 6.07 Å². The van der Waals surface area contributed by atoms with E-state index in [0.717, 1.165) is 42.6 Å². The van der Waals surface area contributed by atoms with Gasteiger partial charge in [-0.15, -0.1) is 0 Å². The van der Waals surface area contributed by atoms with Crippen molar-refractivity contribution < 1.29 is 32.9 Å². The monoisotopic (exact) mass is 569 g/mol. The molecule has 3 aromatic rings. The normalized spacial score (nSPS) is 29.1. The molecule has 5 nitrogen and oxygen atoms in total. The summed E-state index contributed by atoms with van der Waals surface area (Å²) in [6, 6.07) is 14.2. The maximum Gasteiger partial charge on any atom is 0.416 e.